The van der Waals surface area contributed by atoms with Gasteiger partial charge in [-0.25, -0.2) is 0 Å². The van der Waals surface area contributed by atoms with Gasteiger partial charge >= 0.3 is 5.97 Å². The van der Waals surface area contributed by atoms with E-state index in [-0.39, 0.29) is 11.4 Å². The van der Waals surface area contributed by atoms with Gasteiger partial charge in [0.05, 0.1) is 12.5 Å². The van der Waals surface area contributed by atoms with Gasteiger partial charge in [-0.2, -0.15) is 0 Å². The van der Waals surface area contributed by atoms with Gasteiger partial charge in [0.25, 0.3) is 0 Å². The molecule has 0 bridgehead atoms. The lowest BCUT2D eigenvalue weighted by Crippen LogP contribution is -2.35. The monoisotopic (exact) mass is 292 g/mol. The SMILES string of the molecule is C=CCC1(C(=O)OC)CCC(c2ccc(Cl)cc2)CC1. The maximum absolute atomic E-state index is 12.1. The molecule has 0 saturated heterocycles. The summed E-state index contributed by atoms with van der Waals surface area (Å²) in [5.74, 6) is 0.418. The van der Waals surface area contributed by atoms with Crippen molar-refractivity contribution in [3.8, 4) is 0 Å². The fraction of sp³-hybridized carbons (Fsp3) is 0.471. The number of carbonyl (C=O) groups is 1. The summed E-state index contributed by atoms with van der Waals surface area (Å²) in [7, 11) is 1.47. The van der Waals surface area contributed by atoms with E-state index in [0.29, 0.717) is 12.3 Å². The third kappa shape index (κ3) is 3.06. The van der Waals surface area contributed by atoms with Crippen LogP contribution in [0.15, 0.2) is 36.9 Å². The molecule has 0 aliphatic heterocycles. The molecular formula is C17H21ClO2. The number of hydrogen-bond donors (Lipinski definition) is 0. The summed E-state index contributed by atoms with van der Waals surface area (Å²) >= 11 is 5.93. The molecule has 2 rings (SSSR count). The molecule has 1 aliphatic rings. The number of rotatable bonds is 4. The van der Waals surface area contributed by atoms with Crippen LogP contribution in [0.5, 0.6) is 0 Å². The lowest BCUT2D eigenvalue weighted by Gasteiger charge is -2.37. The number of allylic oxidation sites excluding steroid dienone is 1. The Kier molecular flexibility index (Phi) is 4.87. The van der Waals surface area contributed by atoms with Gasteiger partial charge in [0, 0.05) is 5.02 Å². The number of esters is 1. The first-order chi connectivity index (χ1) is 9.61. The molecule has 0 amide bonds. The predicted molar refractivity (Wildman–Crippen MR) is 81.9 cm³/mol. The van der Waals surface area contributed by atoms with Crippen LogP contribution < -0.4 is 0 Å². The van der Waals surface area contributed by atoms with Crippen LogP contribution in [-0.2, 0) is 9.53 Å². The minimum atomic E-state index is -0.362. The van der Waals surface area contributed by atoms with E-state index < -0.39 is 0 Å². The first-order valence-corrected chi connectivity index (χ1v) is 7.44. The van der Waals surface area contributed by atoms with E-state index in [1.54, 1.807) is 0 Å². The predicted octanol–water partition coefficient (Wildman–Crippen LogP) is 4.73. The van der Waals surface area contributed by atoms with E-state index in [0.717, 1.165) is 30.7 Å². The molecule has 0 aromatic heterocycles. The highest BCUT2D eigenvalue weighted by Crippen LogP contribution is 2.46. The van der Waals surface area contributed by atoms with Gasteiger partial charge in [-0.05, 0) is 55.7 Å². The summed E-state index contributed by atoms with van der Waals surface area (Å²) in [5, 5.41) is 0.764. The summed E-state index contributed by atoms with van der Waals surface area (Å²) in [6.07, 6.45) is 6.26. The number of halogens is 1. The van der Waals surface area contributed by atoms with Crippen molar-refractivity contribution >= 4 is 17.6 Å². The Morgan fingerprint density at radius 3 is 2.50 bits per heavy atom. The van der Waals surface area contributed by atoms with E-state index in [1.807, 2.05) is 18.2 Å². The molecule has 20 heavy (non-hydrogen) atoms. The third-order valence-electron chi connectivity index (χ3n) is 4.44. The molecule has 0 spiro atoms. The second-order valence-corrected chi connectivity index (χ2v) is 6.03. The quantitative estimate of drug-likeness (QED) is 0.592. The molecule has 1 aromatic rings. The third-order valence-corrected chi connectivity index (χ3v) is 4.69. The lowest BCUT2D eigenvalue weighted by atomic mass is 9.67. The molecule has 1 aromatic carbocycles. The minimum absolute atomic E-state index is 0.0908. The largest absolute Gasteiger partial charge is 0.469 e. The zero-order chi connectivity index (χ0) is 14.6. The van der Waals surface area contributed by atoms with Crippen LogP contribution in [0.1, 0.15) is 43.6 Å². The molecule has 0 N–H and O–H groups in total. The van der Waals surface area contributed by atoms with Gasteiger partial charge in [0.15, 0.2) is 0 Å². The Balaban J connectivity index is 2.08. The van der Waals surface area contributed by atoms with Crippen LogP contribution in [-0.4, -0.2) is 13.1 Å². The second kappa shape index (κ2) is 6.45. The standard InChI is InChI=1S/C17H21ClO2/c1-3-10-17(16(19)20-2)11-8-14(9-12-17)13-4-6-15(18)7-5-13/h3-7,14H,1,8-12H2,2H3. The van der Waals surface area contributed by atoms with Gasteiger partial charge in [-0.1, -0.05) is 29.8 Å². The van der Waals surface area contributed by atoms with Crippen LogP contribution >= 0.6 is 11.6 Å². The molecular weight excluding hydrogens is 272 g/mol. The molecule has 0 heterocycles. The van der Waals surface area contributed by atoms with Gasteiger partial charge < -0.3 is 4.74 Å². The Hall–Kier alpha value is -1.28. The van der Waals surface area contributed by atoms with Crippen molar-refractivity contribution in [1.29, 1.82) is 0 Å². The van der Waals surface area contributed by atoms with E-state index in [2.05, 4.69) is 18.7 Å². The second-order valence-electron chi connectivity index (χ2n) is 5.59. The molecule has 108 valence electrons. The summed E-state index contributed by atoms with van der Waals surface area (Å²) in [4.78, 5) is 12.1. The number of hydrogen-bond acceptors (Lipinski definition) is 2. The van der Waals surface area contributed by atoms with E-state index >= 15 is 0 Å². The highest BCUT2D eigenvalue weighted by atomic mass is 35.5. The maximum atomic E-state index is 12.1. The smallest absolute Gasteiger partial charge is 0.312 e. The summed E-state index contributed by atoms with van der Waals surface area (Å²) in [6, 6.07) is 8.04. The van der Waals surface area contributed by atoms with Crippen LogP contribution in [0.2, 0.25) is 5.02 Å². The zero-order valence-electron chi connectivity index (χ0n) is 11.9. The van der Waals surface area contributed by atoms with Crippen molar-refractivity contribution < 1.29 is 9.53 Å². The van der Waals surface area contributed by atoms with E-state index in [1.165, 1.54) is 12.7 Å². The molecule has 0 unspecified atom stereocenters. The Morgan fingerprint density at radius 2 is 2.00 bits per heavy atom. The number of methoxy groups -OCH3 is 1. The van der Waals surface area contributed by atoms with Gasteiger partial charge in [-0.15, -0.1) is 6.58 Å². The molecule has 1 saturated carbocycles. The van der Waals surface area contributed by atoms with Crippen molar-refractivity contribution in [1.82, 2.24) is 0 Å². The first-order valence-electron chi connectivity index (χ1n) is 7.06. The maximum Gasteiger partial charge on any atom is 0.312 e. The van der Waals surface area contributed by atoms with Crippen molar-refractivity contribution in [3.05, 3.63) is 47.5 Å². The van der Waals surface area contributed by atoms with E-state index in [4.69, 9.17) is 16.3 Å². The van der Waals surface area contributed by atoms with Crippen molar-refractivity contribution in [2.45, 2.75) is 38.0 Å². The highest BCUT2D eigenvalue weighted by molar-refractivity contribution is 6.30. The molecule has 0 radical (unpaired) electrons. The van der Waals surface area contributed by atoms with Crippen LogP contribution in [0, 0.1) is 5.41 Å². The van der Waals surface area contributed by atoms with E-state index in [9.17, 15) is 4.79 Å². The van der Waals surface area contributed by atoms with Gasteiger partial charge in [-0.3, -0.25) is 4.79 Å². The molecule has 1 fully saturated rings. The van der Waals surface area contributed by atoms with Gasteiger partial charge in [0.1, 0.15) is 0 Å². The van der Waals surface area contributed by atoms with Crippen molar-refractivity contribution in [3.63, 3.8) is 0 Å². The van der Waals surface area contributed by atoms with Crippen molar-refractivity contribution in [2.24, 2.45) is 5.41 Å². The lowest BCUT2D eigenvalue weighted by molar-refractivity contribution is -0.155. The normalized spacial score (nSPS) is 26.0. The van der Waals surface area contributed by atoms with Crippen LogP contribution in [0.4, 0.5) is 0 Å². The fourth-order valence-corrected chi connectivity index (χ4v) is 3.35. The summed E-state index contributed by atoms with van der Waals surface area (Å²) in [5.41, 5.74) is 0.950. The molecule has 3 heteroatoms. The number of benzene rings is 1. The average molecular weight is 293 g/mol. The van der Waals surface area contributed by atoms with Crippen LogP contribution in [0.3, 0.4) is 0 Å². The van der Waals surface area contributed by atoms with Crippen molar-refractivity contribution in [2.75, 3.05) is 7.11 Å². The fourth-order valence-electron chi connectivity index (χ4n) is 3.22. The topological polar surface area (TPSA) is 26.3 Å². The van der Waals surface area contributed by atoms with Crippen LogP contribution in [0.25, 0.3) is 0 Å². The minimum Gasteiger partial charge on any atom is -0.469 e. The summed E-state index contributed by atoms with van der Waals surface area (Å²) < 4.78 is 5.00. The highest BCUT2D eigenvalue weighted by Gasteiger charge is 2.41. The molecule has 2 nitrogen and oxygen atoms in total. The first kappa shape index (κ1) is 15.1. The number of carbonyl (C=O) groups excluding carboxylic acids is 1. The molecule has 0 atom stereocenters. The van der Waals surface area contributed by atoms with Gasteiger partial charge in [0.2, 0.25) is 0 Å². The Morgan fingerprint density at radius 1 is 1.40 bits per heavy atom. The Bertz CT molecular complexity index is 470. The molecule has 1 aliphatic carbocycles. The zero-order valence-corrected chi connectivity index (χ0v) is 12.7. The Labute approximate surface area is 125 Å². The average Bonchev–Trinajstić information content (AvgIpc) is 2.48. The number of ether oxygens (including phenoxy) is 1. The summed E-state index contributed by atoms with van der Waals surface area (Å²) in [6.45, 7) is 3.78.